The lowest BCUT2D eigenvalue weighted by Crippen LogP contribution is -2.47. The minimum atomic E-state index is -5.59. The van der Waals surface area contributed by atoms with Crippen molar-refractivity contribution in [3.63, 3.8) is 0 Å². The number of aryl methyl sites for hydroxylation is 1. The largest absolute Gasteiger partial charge is 0.454 e. The minimum absolute atomic E-state index is 0.0379. The smallest absolute Gasteiger partial charge is 0.434 e. The Kier molecular flexibility index (Phi) is 4.28. The second-order valence-electron chi connectivity index (χ2n) is 3.70. The van der Waals surface area contributed by atoms with Crippen molar-refractivity contribution < 1.29 is 31.1 Å². The zero-order valence-corrected chi connectivity index (χ0v) is 9.64. The predicted octanol–water partition coefficient (Wildman–Crippen LogP) is 2.72. The van der Waals surface area contributed by atoms with Crippen LogP contribution in [0.5, 0.6) is 5.88 Å². The summed E-state index contributed by atoms with van der Waals surface area (Å²) in [7, 11) is 0. The Hall–Kier alpha value is -1.51. The summed E-state index contributed by atoms with van der Waals surface area (Å²) in [5.74, 6) is -0.762. The highest BCUT2D eigenvalue weighted by Crippen LogP contribution is 2.36. The molecular weight excluding hydrogens is 278 g/mol. The number of hydrogen-bond donors (Lipinski definition) is 1. The maximum absolute atomic E-state index is 12.3. The van der Waals surface area contributed by atoms with Crippen LogP contribution in [0, 0.1) is 6.92 Å². The molecule has 1 aromatic rings. The van der Waals surface area contributed by atoms with Crippen LogP contribution in [0.15, 0.2) is 12.1 Å². The molecule has 108 valence electrons. The molecule has 0 spiro atoms. The quantitative estimate of drug-likeness (QED) is 0.870. The van der Waals surface area contributed by atoms with Gasteiger partial charge in [0.05, 0.1) is 0 Å². The Morgan fingerprint density at radius 3 is 2.11 bits per heavy atom. The molecule has 0 amide bonds. The summed E-state index contributed by atoms with van der Waals surface area (Å²) < 4.78 is 78.0. The van der Waals surface area contributed by atoms with Crippen LogP contribution in [0.2, 0.25) is 0 Å². The van der Waals surface area contributed by atoms with E-state index in [-0.39, 0.29) is 17.8 Å². The van der Waals surface area contributed by atoms with E-state index < -0.39 is 24.3 Å². The number of pyridine rings is 1. The van der Waals surface area contributed by atoms with E-state index in [0.717, 1.165) is 0 Å². The van der Waals surface area contributed by atoms with E-state index >= 15 is 0 Å². The average molecular weight is 288 g/mol. The molecule has 1 heterocycles. The molecular formula is C10H10F6N2O. The van der Waals surface area contributed by atoms with Gasteiger partial charge in [0.1, 0.15) is 0 Å². The van der Waals surface area contributed by atoms with Crippen molar-refractivity contribution in [2.75, 3.05) is 0 Å². The highest BCUT2D eigenvalue weighted by Gasteiger charge is 2.59. The van der Waals surface area contributed by atoms with Crippen LogP contribution in [-0.4, -0.2) is 23.4 Å². The standard InChI is InChI=1S/C10H10F6N2O/c1-5-2-3-6(4-17)7(18-5)19-8(9(11,12)13)10(14,15)16/h2-3,8H,4,17H2,1H3. The molecule has 0 aliphatic heterocycles. The average Bonchev–Trinajstić information content (AvgIpc) is 2.23. The Morgan fingerprint density at radius 1 is 1.16 bits per heavy atom. The van der Waals surface area contributed by atoms with Gasteiger partial charge in [-0.25, -0.2) is 4.98 Å². The Morgan fingerprint density at radius 2 is 1.68 bits per heavy atom. The van der Waals surface area contributed by atoms with E-state index in [1.54, 1.807) is 0 Å². The molecule has 2 N–H and O–H groups in total. The van der Waals surface area contributed by atoms with Crippen molar-refractivity contribution in [2.45, 2.75) is 31.9 Å². The first-order valence-electron chi connectivity index (χ1n) is 5.02. The van der Waals surface area contributed by atoms with E-state index in [2.05, 4.69) is 9.72 Å². The summed E-state index contributed by atoms with van der Waals surface area (Å²) in [6.45, 7) is 1.12. The Labute approximate surface area is 104 Å². The zero-order valence-electron chi connectivity index (χ0n) is 9.64. The second-order valence-corrected chi connectivity index (χ2v) is 3.70. The van der Waals surface area contributed by atoms with Crippen LogP contribution >= 0.6 is 0 Å². The SMILES string of the molecule is Cc1ccc(CN)c(OC(C(F)(F)F)C(F)(F)F)n1. The number of alkyl halides is 6. The van der Waals surface area contributed by atoms with E-state index in [9.17, 15) is 26.3 Å². The van der Waals surface area contributed by atoms with E-state index in [1.807, 2.05) is 0 Å². The molecule has 0 fully saturated rings. The van der Waals surface area contributed by atoms with Gasteiger partial charge in [-0.05, 0) is 13.0 Å². The summed E-state index contributed by atoms with van der Waals surface area (Å²) in [6, 6.07) is 2.67. The van der Waals surface area contributed by atoms with Gasteiger partial charge in [0.15, 0.2) is 0 Å². The van der Waals surface area contributed by atoms with Crippen LogP contribution < -0.4 is 10.5 Å². The predicted molar refractivity (Wildman–Crippen MR) is 53.4 cm³/mol. The van der Waals surface area contributed by atoms with E-state index in [0.29, 0.717) is 0 Å². The summed E-state index contributed by atoms with van der Waals surface area (Å²) in [5.41, 5.74) is 5.39. The first kappa shape index (κ1) is 15.5. The van der Waals surface area contributed by atoms with Crippen LogP contribution in [0.4, 0.5) is 26.3 Å². The highest BCUT2D eigenvalue weighted by molar-refractivity contribution is 5.28. The van der Waals surface area contributed by atoms with Gasteiger partial charge in [-0.1, -0.05) is 6.07 Å². The zero-order chi connectivity index (χ0) is 14.8. The number of nitrogens with two attached hydrogens (primary N) is 1. The number of hydrogen-bond acceptors (Lipinski definition) is 3. The molecule has 0 bridgehead atoms. The van der Waals surface area contributed by atoms with E-state index in [1.165, 1.54) is 19.1 Å². The third-order valence-electron chi connectivity index (χ3n) is 2.12. The molecule has 0 unspecified atom stereocenters. The molecule has 1 aromatic heterocycles. The Bertz CT molecular complexity index is 429. The van der Waals surface area contributed by atoms with Crippen molar-refractivity contribution >= 4 is 0 Å². The lowest BCUT2D eigenvalue weighted by atomic mass is 10.2. The number of rotatable bonds is 3. The summed E-state index contributed by atoms with van der Waals surface area (Å²) in [6.07, 6.45) is -15.1. The number of nitrogens with zero attached hydrogens (tertiary/aromatic N) is 1. The third kappa shape index (κ3) is 3.98. The fourth-order valence-corrected chi connectivity index (χ4v) is 1.25. The van der Waals surface area contributed by atoms with Crippen molar-refractivity contribution in [1.29, 1.82) is 0 Å². The first-order chi connectivity index (χ1) is 8.55. The molecule has 9 heteroatoms. The van der Waals surface area contributed by atoms with Crippen LogP contribution in [0.1, 0.15) is 11.3 Å². The fraction of sp³-hybridized carbons (Fsp3) is 0.500. The van der Waals surface area contributed by atoms with Crippen molar-refractivity contribution in [2.24, 2.45) is 5.73 Å². The van der Waals surface area contributed by atoms with Gasteiger partial charge in [0.25, 0.3) is 6.10 Å². The second kappa shape index (κ2) is 5.24. The van der Waals surface area contributed by atoms with Crippen LogP contribution in [-0.2, 0) is 6.54 Å². The normalized spacial score (nSPS) is 12.9. The van der Waals surface area contributed by atoms with Crippen LogP contribution in [0.25, 0.3) is 0 Å². The monoisotopic (exact) mass is 288 g/mol. The van der Waals surface area contributed by atoms with Gasteiger partial charge in [-0.15, -0.1) is 0 Å². The van der Waals surface area contributed by atoms with Gasteiger partial charge >= 0.3 is 12.4 Å². The summed E-state index contributed by atoms with van der Waals surface area (Å²) in [5, 5.41) is 0. The molecule has 0 aliphatic rings. The van der Waals surface area contributed by atoms with Crippen LogP contribution in [0.3, 0.4) is 0 Å². The number of ether oxygens (including phenoxy) is 1. The third-order valence-corrected chi connectivity index (χ3v) is 2.12. The maximum atomic E-state index is 12.3. The topological polar surface area (TPSA) is 48.1 Å². The summed E-state index contributed by atoms with van der Waals surface area (Å²) >= 11 is 0. The molecule has 0 saturated carbocycles. The molecule has 3 nitrogen and oxygen atoms in total. The van der Waals surface area contributed by atoms with E-state index in [4.69, 9.17) is 5.73 Å². The van der Waals surface area contributed by atoms with Gasteiger partial charge in [-0.3, -0.25) is 0 Å². The molecule has 0 saturated heterocycles. The lowest BCUT2D eigenvalue weighted by molar-refractivity contribution is -0.300. The molecule has 1 rings (SSSR count). The first-order valence-corrected chi connectivity index (χ1v) is 5.02. The number of aromatic nitrogens is 1. The van der Waals surface area contributed by atoms with Gasteiger partial charge < -0.3 is 10.5 Å². The maximum Gasteiger partial charge on any atom is 0.434 e. The fourth-order valence-electron chi connectivity index (χ4n) is 1.25. The molecule has 0 radical (unpaired) electrons. The lowest BCUT2D eigenvalue weighted by Gasteiger charge is -2.24. The Balaban J connectivity index is 3.14. The molecule has 0 aliphatic carbocycles. The summed E-state index contributed by atoms with van der Waals surface area (Å²) in [4.78, 5) is 3.51. The van der Waals surface area contributed by atoms with Crippen molar-refractivity contribution in [3.05, 3.63) is 23.4 Å². The molecule has 0 atom stereocenters. The van der Waals surface area contributed by atoms with Gasteiger partial charge in [-0.2, -0.15) is 26.3 Å². The number of halogens is 6. The highest BCUT2D eigenvalue weighted by atomic mass is 19.4. The molecule has 19 heavy (non-hydrogen) atoms. The van der Waals surface area contributed by atoms with Gasteiger partial charge in [0.2, 0.25) is 5.88 Å². The molecule has 0 aromatic carbocycles. The minimum Gasteiger partial charge on any atom is -0.454 e. The van der Waals surface area contributed by atoms with Crippen molar-refractivity contribution in [3.8, 4) is 5.88 Å². The van der Waals surface area contributed by atoms with Crippen molar-refractivity contribution in [1.82, 2.24) is 4.98 Å². The van der Waals surface area contributed by atoms with Gasteiger partial charge in [0, 0.05) is 17.8 Å².